The zero-order chi connectivity index (χ0) is 26.9. The molecule has 1 aliphatic heterocycles. The first-order valence-corrected chi connectivity index (χ1v) is 12.5. The number of nitrogens with one attached hydrogen (secondary N) is 1. The van der Waals surface area contributed by atoms with E-state index in [0.29, 0.717) is 19.5 Å². The molecule has 1 atom stereocenters. The predicted octanol–water partition coefficient (Wildman–Crippen LogP) is 4.47. The number of benzene rings is 1. The number of carbonyl (C=O) groups excluding carboxylic acids is 1. The van der Waals surface area contributed by atoms with E-state index in [9.17, 15) is 18.0 Å². The van der Waals surface area contributed by atoms with Gasteiger partial charge in [0, 0.05) is 61.8 Å². The number of carbonyl (C=O) groups is 1. The van der Waals surface area contributed by atoms with E-state index in [-0.39, 0.29) is 19.1 Å². The molecule has 1 aliphatic rings. The highest BCUT2D eigenvalue weighted by Gasteiger charge is 2.35. The van der Waals surface area contributed by atoms with Crippen LogP contribution in [0.2, 0.25) is 0 Å². The summed E-state index contributed by atoms with van der Waals surface area (Å²) in [4.78, 5) is 36.5. The van der Waals surface area contributed by atoms with Crippen molar-refractivity contribution in [2.45, 2.75) is 38.9 Å². The first-order valence-electron chi connectivity index (χ1n) is 12.5. The lowest BCUT2D eigenvalue weighted by atomic mass is 10.1. The first kappa shape index (κ1) is 25.8. The Bertz CT molecular complexity index is 1440. The average molecular weight is 524 g/mol. The molecule has 1 amide bonds. The van der Waals surface area contributed by atoms with Crippen molar-refractivity contribution in [3.63, 3.8) is 0 Å². The molecule has 4 heterocycles. The summed E-state index contributed by atoms with van der Waals surface area (Å²) in [5, 5.41) is 0. The van der Waals surface area contributed by atoms with Crippen LogP contribution in [0.5, 0.6) is 0 Å². The smallest absolute Gasteiger partial charge is 0.342 e. The lowest BCUT2D eigenvalue weighted by molar-refractivity contribution is -0.162. The molecule has 8 nitrogen and oxygen atoms in total. The second-order valence-corrected chi connectivity index (χ2v) is 9.60. The number of alkyl halides is 3. The van der Waals surface area contributed by atoms with Crippen molar-refractivity contribution < 1.29 is 18.0 Å². The number of H-pyrrole nitrogens is 1. The molecule has 0 spiro atoms. The molecule has 4 aromatic rings. The molecule has 1 fully saturated rings. The highest BCUT2D eigenvalue weighted by Crippen LogP contribution is 2.26. The molecule has 1 unspecified atom stereocenters. The highest BCUT2D eigenvalue weighted by atomic mass is 19.4. The zero-order valence-electron chi connectivity index (χ0n) is 21.2. The van der Waals surface area contributed by atoms with Gasteiger partial charge in [-0.05, 0) is 49.7 Å². The Kier molecular flexibility index (Phi) is 7.11. The second-order valence-electron chi connectivity index (χ2n) is 9.60. The van der Waals surface area contributed by atoms with E-state index in [1.807, 2.05) is 43.3 Å². The van der Waals surface area contributed by atoms with Crippen molar-refractivity contribution in [3.8, 4) is 11.3 Å². The van der Waals surface area contributed by atoms with Gasteiger partial charge in [-0.3, -0.25) is 14.7 Å². The van der Waals surface area contributed by atoms with Gasteiger partial charge < -0.3 is 9.88 Å². The number of hydrogen-bond donors (Lipinski definition) is 1. The summed E-state index contributed by atoms with van der Waals surface area (Å²) in [6, 6.07) is 11.9. The molecular weight excluding hydrogens is 495 g/mol. The number of fused-ring (bicyclic) bond motifs is 1. The molecule has 0 bridgehead atoms. The van der Waals surface area contributed by atoms with Crippen molar-refractivity contribution in [2.24, 2.45) is 0 Å². The van der Waals surface area contributed by atoms with Crippen LogP contribution in [-0.4, -0.2) is 73.0 Å². The fourth-order valence-electron chi connectivity index (χ4n) is 4.80. The minimum absolute atomic E-state index is 0.0335. The van der Waals surface area contributed by atoms with E-state index in [1.54, 1.807) is 12.5 Å². The third kappa shape index (κ3) is 5.99. The van der Waals surface area contributed by atoms with Crippen LogP contribution in [0.25, 0.3) is 22.3 Å². The maximum Gasteiger partial charge on any atom is 0.397 e. The van der Waals surface area contributed by atoms with E-state index >= 15 is 0 Å². The summed E-state index contributed by atoms with van der Waals surface area (Å²) in [6.07, 6.45) is -2.04. The Morgan fingerprint density at radius 1 is 1.05 bits per heavy atom. The van der Waals surface area contributed by atoms with Crippen LogP contribution >= 0.6 is 0 Å². The number of aromatic nitrogens is 5. The van der Waals surface area contributed by atoms with Crippen LogP contribution < -0.4 is 0 Å². The van der Waals surface area contributed by atoms with Crippen molar-refractivity contribution in [1.29, 1.82) is 0 Å². The van der Waals surface area contributed by atoms with E-state index < -0.39 is 18.5 Å². The van der Waals surface area contributed by atoms with Crippen molar-refractivity contribution in [1.82, 2.24) is 34.7 Å². The number of aryl methyl sites for hydroxylation is 1. The lowest BCUT2D eigenvalue weighted by Crippen LogP contribution is -2.50. The largest absolute Gasteiger partial charge is 0.397 e. The number of halogens is 3. The minimum atomic E-state index is -4.48. The Morgan fingerprint density at radius 3 is 2.58 bits per heavy atom. The summed E-state index contributed by atoms with van der Waals surface area (Å²) >= 11 is 0. The molecule has 3 aromatic heterocycles. The van der Waals surface area contributed by atoms with Gasteiger partial charge in [-0.25, -0.2) is 15.0 Å². The maximum absolute atomic E-state index is 12.6. The third-order valence-corrected chi connectivity index (χ3v) is 6.87. The molecule has 5 rings (SSSR count). The zero-order valence-corrected chi connectivity index (χ0v) is 21.2. The SMILES string of the molecule is Cc1cc(-c2ccc3nc(Cc4cc(C(C)N5CCN(C(=O)CC(F)(F)F)CC5)ccn4)[nH]c3c2)ncn1. The number of aromatic amines is 1. The maximum atomic E-state index is 12.6. The Morgan fingerprint density at radius 2 is 1.84 bits per heavy atom. The van der Waals surface area contributed by atoms with Crippen molar-refractivity contribution in [3.05, 3.63) is 71.7 Å². The third-order valence-electron chi connectivity index (χ3n) is 6.87. The first-order chi connectivity index (χ1) is 18.1. The number of rotatable bonds is 6. The van der Waals surface area contributed by atoms with Crippen molar-refractivity contribution in [2.75, 3.05) is 26.2 Å². The Labute approximate surface area is 218 Å². The van der Waals surface area contributed by atoms with Gasteiger partial charge in [-0.1, -0.05) is 6.07 Å². The van der Waals surface area contributed by atoms with Crippen LogP contribution in [0, 0.1) is 6.92 Å². The summed E-state index contributed by atoms with van der Waals surface area (Å²) in [6.45, 7) is 5.59. The molecule has 1 aromatic carbocycles. The summed E-state index contributed by atoms with van der Waals surface area (Å²) in [5.41, 5.74) is 6.42. The normalized spacial score (nSPS) is 15.7. The van der Waals surface area contributed by atoms with Crippen LogP contribution in [0.3, 0.4) is 0 Å². The second kappa shape index (κ2) is 10.5. The molecule has 38 heavy (non-hydrogen) atoms. The number of amides is 1. The molecule has 0 saturated carbocycles. The van der Waals surface area contributed by atoms with Gasteiger partial charge in [0.1, 0.15) is 18.6 Å². The van der Waals surface area contributed by atoms with Crippen LogP contribution in [-0.2, 0) is 11.2 Å². The average Bonchev–Trinajstić information content (AvgIpc) is 3.29. The summed E-state index contributed by atoms with van der Waals surface area (Å²) < 4.78 is 37.7. The number of imidazole rings is 1. The molecule has 0 radical (unpaired) electrons. The van der Waals surface area contributed by atoms with E-state index in [0.717, 1.165) is 45.1 Å². The lowest BCUT2D eigenvalue weighted by Gasteiger charge is -2.38. The predicted molar refractivity (Wildman–Crippen MR) is 136 cm³/mol. The van der Waals surface area contributed by atoms with Crippen LogP contribution in [0.1, 0.15) is 42.2 Å². The summed E-state index contributed by atoms with van der Waals surface area (Å²) in [5.74, 6) is -0.0637. The Hall–Kier alpha value is -3.86. The van der Waals surface area contributed by atoms with Crippen LogP contribution in [0.15, 0.2) is 48.9 Å². The summed E-state index contributed by atoms with van der Waals surface area (Å²) in [7, 11) is 0. The molecule has 11 heteroatoms. The topological polar surface area (TPSA) is 90.9 Å². The standard InChI is InChI=1S/C27H28F3N7O/c1-17-11-23(33-16-32-17)20-3-4-22-24(13-20)35-25(34-22)14-21-12-19(5-6-31-21)18(2)36-7-9-37(10-8-36)26(38)15-27(28,29)30/h3-6,11-13,16,18H,7-10,14-15H2,1-2H3,(H,34,35). The van der Waals surface area contributed by atoms with Crippen LogP contribution in [0.4, 0.5) is 13.2 Å². The Balaban J connectivity index is 1.24. The molecule has 0 aliphatic carbocycles. The van der Waals surface area contributed by atoms with E-state index in [1.165, 1.54) is 4.90 Å². The monoisotopic (exact) mass is 523 g/mol. The van der Waals surface area contributed by atoms with E-state index in [2.05, 4.69) is 31.8 Å². The van der Waals surface area contributed by atoms with Gasteiger partial charge in [-0.15, -0.1) is 0 Å². The quantitative estimate of drug-likeness (QED) is 0.401. The fourth-order valence-corrected chi connectivity index (χ4v) is 4.80. The van der Waals surface area contributed by atoms with Gasteiger partial charge in [0.15, 0.2) is 0 Å². The van der Waals surface area contributed by atoms with Gasteiger partial charge in [0.2, 0.25) is 5.91 Å². The molecule has 1 N–H and O–H groups in total. The highest BCUT2D eigenvalue weighted by molar-refractivity contribution is 5.81. The number of piperazine rings is 1. The van der Waals surface area contributed by atoms with E-state index in [4.69, 9.17) is 4.98 Å². The fraction of sp³-hybridized carbons (Fsp3) is 0.370. The van der Waals surface area contributed by atoms with Gasteiger partial charge in [-0.2, -0.15) is 13.2 Å². The number of nitrogens with zero attached hydrogens (tertiary/aromatic N) is 6. The van der Waals surface area contributed by atoms with Gasteiger partial charge in [0.25, 0.3) is 0 Å². The molecular formula is C27H28F3N7O. The van der Waals surface area contributed by atoms with Gasteiger partial charge in [0.05, 0.1) is 16.7 Å². The molecule has 198 valence electrons. The van der Waals surface area contributed by atoms with Gasteiger partial charge >= 0.3 is 6.18 Å². The number of pyridine rings is 1. The minimum Gasteiger partial charge on any atom is -0.342 e. The van der Waals surface area contributed by atoms with Crippen molar-refractivity contribution >= 4 is 16.9 Å². The molecule has 1 saturated heterocycles. The number of hydrogen-bond acceptors (Lipinski definition) is 6.